The molecule has 1 aromatic rings. The SMILES string of the molecule is CC(C)c1csc(CNC(=O)CC2CC3CCC(C2)N3)n1.Cl.Cl. The number of aromatic nitrogens is 1. The minimum absolute atomic E-state index is 0. The first-order chi connectivity index (χ1) is 10.1. The Morgan fingerprint density at radius 3 is 2.57 bits per heavy atom. The number of fused-ring (bicyclic) bond motifs is 2. The number of hydrogen-bond donors (Lipinski definition) is 2. The molecule has 0 spiro atoms. The Balaban J connectivity index is 0.00000132. The molecule has 132 valence electrons. The fraction of sp³-hybridized carbons (Fsp3) is 0.750. The molecule has 0 aromatic carbocycles. The van der Waals surface area contributed by atoms with Gasteiger partial charge in [0, 0.05) is 23.9 Å². The number of carbonyl (C=O) groups is 1. The summed E-state index contributed by atoms with van der Waals surface area (Å²) in [5.41, 5.74) is 1.12. The number of thiazole rings is 1. The van der Waals surface area contributed by atoms with Gasteiger partial charge in [-0.2, -0.15) is 0 Å². The zero-order chi connectivity index (χ0) is 14.8. The monoisotopic (exact) mass is 379 g/mol. The van der Waals surface area contributed by atoms with Crippen molar-refractivity contribution in [2.45, 2.75) is 70.5 Å². The highest BCUT2D eigenvalue weighted by Crippen LogP contribution is 2.32. The van der Waals surface area contributed by atoms with Crippen LogP contribution in [0.3, 0.4) is 0 Å². The second kappa shape index (κ2) is 9.21. The van der Waals surface area contributed by atoms with Crippen LogP contribution in [0, 0.1) is 5.92 Å². The van der Waals surface area contributed by atoms with Crippen molar-refractivity contribution in [1.29, 1.82) is 0 Å². The maximum Gasteiger partial charge on any atom is 0.220 e. The van der Waals surface area contributed by atoms with E-state index in [-0.39, 0.29) is 30.7 Å². The average Bonchev–Trinajstić information content (AvgIpc) is 3.03. The fourth-order valence-electron chi connectivity index (χ4n) is 3.52. The number of piperidine rings is 1. The number of amides is 1. The zero-order valence-corrected chi connectivity index (χ0v) is 16.2. The van der Waals surface area contributed by atoms with Crippen molar-refractivity contribution in [3.8, 4) is 0 Å². The van der Waals surface area contributed by atoms with Gasteiger partial charge in [0.1, 0.15) is 5.01 Å². The van der Waals surface area contributed by atoms with Gasteiger partial charge in [-0.3, -0.25) is 4.79 Å². The number of halogens is 2. The summed E-state index contributed by atoms with van der Waals surface area (Å²) in [6.07, 6.45) is 5.59. The molecule has 2 aliphatic rings. The van der Waals surface area contributed by atoms with Gasteiger partial charge in [-0.05, 0) is 37.5 Å². The molecule has 2 bridgehead atoms. The van der Waals surface area contributed by atoms with E-state index >= 15 is 0 Å². The van der Waals surface area contributed by atoms with Crippen LogP contribution in [0.25, 0.3) is 0 Å². The highest BCUT2D eigenvalue weighted by atomic mass is 35.5. The Bertz CT molecular complexity index is 497. The molecule has 1 amide bonds. The minimum Gasteiger partial charge on any atom is -0.350 e. The van der Waals surface area contributed by atoms with E-state index in [1.807, 2.05) is 0 Å². The maximum absolute atomic E-state index is 12.1. The lowest BCUT2D eigenvalue weighted by molar-refractivity contribution is -0.122. The van der Waals surface area contributed by atoms with Gasteiger partial charge >= 0.3 is 0 Å². The van der Waals surface area contributed by atoms with Crippen molar-refractivity contribution < 1.29 is 4.79 Å². The van der Waals surface area contributed by atoms with Crippen LogP contribution in [-0.2, 0) is 11.3 Å². The predicted molar refractivity (Wildman–Crippen MR) is 99.8 cm³/mol. The molecule has 3 heterocycles. The molecular weight excluding hydrogens is 353 g/mol. The second-order valence-electron chi connectivity index (χ2n) is 6.78. The van der Waals surface area contributed by atoms with Crippen molar-refractivity contribution in [3.05, 3.63) is 16.1 Å². The summed E-state index contributed by atoms with van der Waals surface area (Å²) in [5.74, 6) is 1.20. The van der Waals surface area contributed by atoms with E-state index in [0.717, 1.165) is 10.7 Å². The molecule has 23 heavy (non-hydrogen) atoms. The van der Waals surface area contributed by atoms with E-state index in [1.165, 1.54) is 25.7 Å². The zero-order valence-electron chi connectivity index (χ0n) is 13.7. The Morgan fingerprint density at radius 2 is 2.00 bits per heavy atom. The van der Waals surface area contributed by atoms with Crippen LogP contribution in [0.4, 0.5) is 0 Å². The second-order valence-corrected chi connectivity index (χ2v) is 7.72. The Kier molecular flexibility index (Phi) is 8.28. The summed E-state index contributed by atoms with van der Waals surface area (Å²) in [4.78, 5) is 16.7. The molecule has 2 N–H and O–H groups in total. The van der Waals surface area contributed by atoms with Crippen LogP contribution in [-0.4, -0.2) is 23.0 Å². The first-order valence-corrected chi connectivity index (χ1v) is 8.95. The number of nitrogens with one attached hydrogen (secondary N) is 2. The summed E-state index contributed by atoms with van der Waals surface area (Å²) < 4.78 is 0. The standard InChI is InChI=1S/C16H25N3OS.2ClH/c1-10(2)14-9-21-16(19-14)8-17-15(20)7-11-5-12-3-4-13(6-11)18-12;;/h9-13,18H,3-8H2,1-2H3,(H,17,20);2*1H. The van der Waals surface area contributed by atoms with E-state index in [0.29, 0.717) is 36.9 Å². The van der Waals surface area contributed by atoms with Crippen LogP contribution in [0.5, 0.6) is 0 Å². The fourth-order valence-corrected chi connectivity index (χ4v) is 4.42. The summed E-state index contributed by atoms with van der Waals surface area (Å²) in [6, 6.07) is 1.32. The van der Waals surface area contributed by atoms with Crippen molar-refractivity contribution in [3.63, 3.8) is 0 Å². The van der Waals surface area contributed by atoms with Gasteiger partial charge in [0.15, 0.2) is 0 Å². The first kappa shape index (κ1) is 20.7. The van der Waals surface area contributed by atoms with Crippen molar-refractivity contribution >= 4 is 42.1 Å². The van der Waals surface area contributed by atoms with Crippen LogP contribution in [0.1, 0.15) is 62.6 Å². The molecule has 2 saturated heterocycles. The molecule has 0 aliphatic carbocycles. The third-order valence-electron chi connectivity index (χ3n) is 4.64. The van der Waals surface area contributed by atoms with Gasteiger partial charge < -0.3 is 10.6 Å². The lowest BCUT2D eigenvalue weighted by atomic mass is 9.89. The largest absolute Gasteiger partial charge is 0.350 e. The molecule has 0 saturated carbocycles. The quantitative estimate of drug-likeness (QED) is 0.820. The van der Waals surface area contributed by atoms with Crippen molar-refractivity contribution in [2.24, 2.45) is 5.92 Å². The Hall–Kier alpha value is -0.360. The minimum atomic E-state index is 0. The normalized spacial score (nSPS) is 25.6. The molecule has 2 atom stereocenters. The van der Waals surface area contributed by atoms with Crippen molar-refractivity contribution in [1.82, 2.24) is 15.6 Å². The van der Waals surface area contributed by atoms with Gasteiger partial charge in [-0.25, -0.2) is 4.98 Å². The average molecular weight is 380 g/mol. The molecule has 2 aliphatic heterocycles. The van der Waals surface area contributed by atoms with Gasteiger partial charge in [0.2, 0.25) is 5.91 Å². The first-order valence-electron chi connectivity index (χ1n) is 8.07. The third-order valence-corrected chi connectivity index (χ3v) is 5.51. The molecule has 1 aromatic heterocycles. The molecule has 2 fully saturated rings. The van der Waals surface area contributed by atoms with E-state index in [4.69, 9.17) is 0 Å². The van der Waals surface area contributed by atoms with Crippen molar-refractivity contribution in [2.75, 3.05) is 0 Å². The maximum atomic E-state index is 12.1. The number of rotatable bonds is 5. The summed E-state index contributed by atoms with van der Waals surface area (Å²) in [6.45, 7) is 4.86. The van der Waals surface area contributed by atoms with Gasteiger partial charge in [0.25, 0.3) is 0 Å². The highest BCUT2D eigenvalue weighted by Gasteiger charge is 2.34. The van der Waals surface area contributed by atoms with E-state index in [9.17, 15) is 4.79 Å². The Morgan fingerprint density at radius 1 is 1.35 bits per heavy atom. The molecule has 2 unspecified atom stereocenters. The van der Waals surface area contributed by atoms with Gasteiger partial charge in [0.05, 0.1) is 12.2 Å². The summed E-state index contributed by atoms with van der Waals surface area (Å²) in [5, 5.41) is 9.77. The van der Waals surface area contributed by atoms with Crippen LogP contribution >= 0.6 is 36.2 Å². The Labute approximate surface area is 155 Å². The number of carbonyl (C=O) groups excluding carboxylic acids is 1. The lowest BCUT2D eigenvalue weighted by Gasteiger charge is -2.28. The highest BCUT2D eigenvalue weighted by molar-refractivity contribution is 7.09. The third kappa shape index (κ3) is 5.59. The lowest BCUT2D eigenvalue weighted by Crippen LogP contribution is -2.39. The molecule has 0 radical (unpaired) electrons. The molecular formula is C16H27Cl2N3OS. The van der Waals surface area contributed by atoms with E-state index in [1.54, 1.807) is 11.3 Å². The smallest absolute Gasteiger partial charge is 0.220 e. The topological polar surface area (TPSA) is 54.0 Å². The summed E-state index contributed by atoms with van der Waals surface area (Å²) >= 11 is 1.64. The number of hydrogen-bond acceptors (Lipinski definition) is 4. The predicted octanol–water partition coefficient (Wildman–Crippen LogP) is 3.65. The molecule has 3 rings (SSSR count). The molecule has 4 nitrogen and oxygen atoms in total. The van der Waals surface area contributed by atoms with Crippen LogP contribution in [0.15, 0.2) is 5.38 Å². The molecule has 7 heteroatoms. The van der Waals surface area contributed by atoms with Crippen LogP contribution < -0.4 is 10.6 Å². The summed E-state index contributed by atoms with van der Waals surface area (Å²) in [7, 11) is 0. The van der Waals surface area contributed by atoms with E-state index in [2.05, 4.69) is 34.8 Å². The van der Waals surface area contributed by atoms with Crippen LogP contribution in [0.2, 0.25) is 0 Å². The number of nitrogens with zero attached hydrogens (tertiary/aromatic N) is 1. The van der Waals surface area contributed by atoms with Gasteiger partial charge in [-0.1, -0.05) is 13.8 Å². The van der Waals surface area contributed by atoms with Gasteiger partial charge in [-0.15, -0.1) is 36.2 Å². The van der Waals surface area contributed by atoms with E-state index < -0.39 is 0 Å².